The molecule has 0 fully saturated rings. The van der Waals surface area contributed by atoms with Crippen molar-refractivity contribution in [3.63, 3.8) is 0 Å². The summed E-state index contributed by atoms with van der Waals surface area (Å²) in [5.74, 6) is 1.05. The number of likely N-dealkylation sites (N-methyl/N-ethyl adjacent to an activating group) is 1. The Hall–Kier alpha value is -2.93. The van der Waals surface area contributed by atoms with Crippen LogP contribution in [-0.2, 0) is 4.79 Å². The second-order valence-electron chi connectivity index (χ2n) is 7.87. The molecule has 7 heteroatoms. The first-order valence-corrected chi connectivity index (χ1v) is 11.1. The second-order valence-corrected chi connectivity index (χ2v) is 8.88. The fourth-order valence-corrected chi connectivity index (χ4v) is 4.90. The molecule has 2 heterocycles. The largest absolute Gasteiger partial charge is 0.457 e. The third kappa shape index (κ3) is 4.09. The number of nitrogens with zero attached hydrogens (tertiary/aromatic N) is 3. The third-order valence-electron chi connectivity index (χ3n) is 5.48. The summed E-state index contributed by atoms with van der Waals surface area (Å²) in [6.45, 7) is 1.31. The van der Waals surface area contributed by atoms with Gasteiger partial charge in [0.1, 0.15) is 11.5 Å². The van der Waals surface area contributed by atoms with Crippen LogP contribution < -0.4 is 9.64 Å². The monoisotopic (exact) mass is 465 g/mol. The van der Waals surface area contributed by atoms with Crippen molar-refractivity contribution in [1.29, 1.82) is 0 Å². The van der Waals surface area contributed by atoms with E-state index in [1.54, 1.807) is 11.3 Å². The highest BCUT2D eigenvalue weighted by Gasteiger charge is 2.36. The Kier molecular flexibility index (Phi) is 6.46. The number of hydrogen-bond acceptors (Lipinski definition) is 5. The van der Waals surface area contributed by atoms with Gasteiger partial charge in [-0.1, -0.05) is 59.9 Å². The zero-order valence-electron chi connectivity index (χ0n) is 17.9. The van der Waals surface area contributed by atoms with Crippen molar-refractivity contribution in [2.45, 2.75) is 5.92 Å². The van der Waals surface area contributed by atoms with Crippen LogP contribution in [0.4, 0.5) is 5.13 Å². The number of fused-ring (bicyclic) bond motifs is 3. The molecule has 5 rings (SSSR count). The summed E-state index contributed by atoms with van der Waals surface area (Å²) < 4.78 is 7.17. The third-order valence-corrected chi connectivity index (χ3v) is 6.54. The Morgan fingerprint density at radius 3 is 2.12 bits per heavy atom. The Labute approximate surface area is 197 Å². The quantitative estimate of drug-likeness (QED) is 0.387. The van der Waals surface area contributed by atoms with Gasteiger partial charge >= 0.3 is 0 Å². The van der Waals surface area contributed by atoms with E-state index < -0.39 is 5.92 Å². The molecule has 32 heavy (non-hydrogen) atoms. The first-order chi connectivity index (χ1) is 15.1. The maximum absolute atomic E-state index is 14.1. The van der Waals surface area contributed by atoms with E-state index in [1.807, 2.05) is 91.8 Å². The summed E-state index contributed by atoms with van der Waals surface area (Å²) in [4.78, 5) is 22.8. The zero-order chi connectivity index (χ0) is 21.4. The number of halogens is 1. The van der Waals surface area contributed by atoms with Crippen molar-refractivity contribution in [3.05, 3.63) is 83.9 Å². The second kappa shape index (κ2) is 9.28. The Balaban J connectivity index is 0.00000245. The van der Waals surface area contributed by atoms with E-state index in [9.17, 15) is 4.79 Å². The lowest BCUT2D eigenvalue weighted by molar-refractivity contribution is -0.119. The van der Waals surface area contributed by atoms with Gasteiger partial charge in [-0.05, 0) is 38.4 Å². The van der Waals surface area contributed by atoms with Crippen molar-refractivity contribution in [2.75, 3.05) is 32.1 Å². The average Bonchev–Trinajstić information content (AvgIpc) is 3.21. The van der Waals surface area contributed by atoms with Gasteiger partial charge in [-0.15, -0.1) is 12.4 Å². The summed E-state index contributed by atoms with van der Waals surface area (Å²) in [7, 11) is 4.03. The topological polar surface area (TPSA) is 45.7 Å². The molecule has 0 saturated heterocycles. The molecule has 3 aromatic carbocycles. The van der Waals surface area contributed by atoms with Crippen LogP contribution in [0.1, 0.15) is 17.0 Å². The molecule has 164 valence electrons. The molecule has 0 saturated carbocycles. The van der Waals surface area contributed by atoms with Crippen molar-refractivity contribution >= 4 is 45.0 Å². The van der Waals surface area contributed by atoms with Crippen LogP contribution in [0.5, 0.6) is 11.5 Å². The van der Waals surface area contributed by atoms with Gasteiger partial charge in [-0.2, -0.15) is 0 Å². The van der Waals surface area contributed by atoms with E-state index in [0.29, 0.717) is 6.54 Å². The maximum atomic E-state index is 14.1. The number of aromatic nitrogens is 1. The van der Waals surface area contributed by atoms with Crippen molar-refractivity contribution in [1.82, 2.24) is 9.88 Å². The molecule has 0 bridgehead atoms. The molecule has 1 aliphatic rings. The molecule has 0 radical (unpaired) electrons. The van der Waals surface area contributed by atoms with Gasteiger partial charge in [-0.3, -0.25) is 9.69 Å². The highest BCUT2D eigenvalue weighted by molar-refractivity contribution is 7.22. The lowest BCUT2D eigenvalue weighted by Gasteiger charge is -2.31. The number of anilines is 1. The minimum atomic E-state index is -0.435. The number of benzene rings is 3. The number of thiazole rings is 1. The van der Waals surface area contributed by atoms with Crippen molar-refractivity contribution in [2.24, 2.45) is 0 Å². The number of ether oxygens (including phenoxy) is 1. The number of rotatable bonds is 5. The molecule has 5 nitrogen and oxygen atoms in total. The summed E-state index contributed by atoms with van der Waals surface area (Å²) >= 11 is 1.56. The lowest BCUT2D eigenvalue weighted by atomic mass is 9.87. The van der Waals surface area contributed by atoms with E-state index in [4.69, 9.17) is 9.72 Å². The molecule has 0 aliphatic carbocycles. The minimum Gasteiger partial charge on any atom is -0.457 e. The van der Waals surface area contributed by atoms with Gasteiger partial charge in [0, 0.05) is 24.2 Å². The molecule has 1 aliphatic heterocycles. The lowest BCUT2D eigenvalue weighted by Crippen LogP contribution is -2.40. The molecule has 0 N–H and O–H groups in total. The van der Waals surface area contributed by atoms with Crippen LogP contribution in [0.25, 0.3) is 10.2 Å². The van der Waals surface area contributed by atoms with Crippen molar-refractivity contribution in [3.8, 4) is 11.5 Å². The summed E-state index contributed by atoms with van der Waals surface area (Å²) in [5, 5.41) is 0.731. The van der Waals surface area contributed by atoms with E-state index >= 15 is 0 Å². The standard InChI is InChI=1S/C25H23N3O2S.ClH/c1-27(2)15-16-28(25-26-19-11-5-8-14-22(19)31-25)24(29)23-17-9-3-6-12-20(17)30-21-13-7-4-10-18(21)23;/h3-14,23H,15-16H2,1-2H3;1H. The Morgan fingerprint density at radius 1 is 0.906 bits per heavy atom. The molecule has 1 amide bonds. The van der Waals surface area contributed by atoms with Gasteiger partial charge in [0.25, 0.3) is 0 Å². The molecule has 1 aromatic heterocycles. The predicted octanol–water partition coefficient (Wildman–Crippen LogP) is 5.55. The fraction of sp³-hybridized carbons (Fsp3) is 0.200. The van der Waals surface area contributed by atoms with Gasteiger partial charge in [-0.25, -0.2) is 4.98 Å². The first-order valence-electron chi connectivity index (χ1n) is 10.3. The van der Waals surface area contributed by atoms with E-state index in [1.165, 1.54) is 0 Å². The number of hydrogen-bond donors (Lipinski definition) is 0. The summed E-state index contributed by atoms with van der Waals surface area (Å²) in [6, 6.07) is 23.6. The van der Waals surface area contributed by atoms with Crippen LogP contribution in [0.15, 0.2) is 72.8 Å². The number of carbonyl (C=O) groups is 1. The fourth-order valence-electron chi connectivity index (χ4n) is 3.91. The van der Waals surface area contributed by atoms with Crippen LogP contribution in [-0.4, -0.2) is 43.0 Å². The average molecular weight is 466 g/mol. The highest BCUT2D eigenvalue weighted by atomic mass is 35.5. The smallest absolute Gasteiger partial charge is 0.241 e. The van der Waals surface area contributed by atoms with Crippen LogP contribution in [0.3, 0.4) is 0 Å². The van der Waals surface area contributed by atoms with Crippen LogP contribution in [0.2, 0.25) is 0 Å². The summed E-state index contributed by atoms with van der Waals surface area (Å²) in [6.07, 6.45) is 0. The molecule has 0 atom stereocenters. The predicted molar refractivity (Wildman–Crippen MR) is 133 cm³/mol. The van der Waals surface area contributed by atoms with E-state index in [-0.39, 0.29) is 18.3 Å². The van der Waals surface area contributed by atoms with Crippen molar-refractivity contribution < 1.29 is 9.53 Å². The SMILES string of the molecule is CN(C)CCN(C(=O)C1c2ccccc2Oc2ccccc21)c1nc2ccccc2s1.Cl. The van der Waals surface area contributed by atoms with Gasteiger partial charge in [0.15, 0.2) is 5.13 Å². The number of carbonyl (C=O) groups excluding carboxylic acids is 1. The maximum Gasteiger partial charge on any atom is 0.241 e. The molecule has 0 spiro atoms. The number of amides is 1. The van der Waals surface area contributed by atoms with Gasteiger partial charge in [0.05, 0.1) is 16.1 Å². The van der Waals surface area contributed by atoms with Crippen LogP contribution in [0, 0.1) is 0 Å². The first kappa shape index (κ1) is 22.3. The summed E-state index contributed by atoms with van der Waals surface area (Å²) in [5.41, 5.74) is 2.70. The zero-order valence-corrected chi connectivity index (χ0v) is 19.5. The molecular formula is C25H24ClN3O2S. The van der Waals surface area contributed by atoms with E-state index in [0.717, 1.165) is 44.5 Å². The van der Waals surface area contributed by atoms with Crippen LogP contribution >= 0.6 is 23.7 Å². The molecule has 0 unspecified atom stereocenters. The minimum absolute atomic E-state index is 0. The van der Waals surface area contributed by atoms with Gasteiger partial charge in [0.2, 0.25) is 5.91 Å². The highest BCUT2D eigenvalue weighted by Crippen LogP contribution is 2.45. The normalized spacial score (nSPS) is 12.6. The molecule has 4 aromatic rings. The molecular weight excluding hydrogens is 442 g/mol. The number of para-hydroxylation sites is 3. The van der Waals surface area contributed by atoms with Gasteiger partial charge < -0.3 is 9.64 Å². The van der Waals surface area contributed by atoms with E-state index in [2.05, 4.69) is 4.90 Å². The Bertz CT molecular complexity index is 1180. The Morgan fingerprint density at radius 2 is 1.50 bits per heavy atom.